The number of methoxy groups -OCH3 is 1. The first-order valence-electron chi connectivity index (χ1n) is 13.2. The summed E-state index contributed by atoms with van der Waals surface area (Å²) in [5.41, 5.74) is 7.63. The topological polar surface area (TPSA) is 164 Å². The molecule has 0 radical (unpaired) electrons. The minimum absolute atomic E-state index is 0.0914. The quantitative estimate of drug-likeness (QED) is 0.294. The van der Waals surface area contributed by atoms with Gasteiger partial charge in [0, 0.05) is 36.5 Å². The zero-order valence-corrected chi connectivity index (χ0v) is 23.2. The van der Waals surface area contributed by atoms with Crippen molar-refractivity contribution in [1.29, 1.82) is 5.26 Å². The lowest BCUT2D eigenvalue weighted by Gasteiger charge is -2.38. The van der Waals surface area contributed by atoms with Crippen LogP contribution in [0.1, 0.15) is 32.3 Å². The van der Waals surface area contributed by atoms with Crippen LogP contribution in [0.5, 0.6) is 11.6 Å². The van der Waals surface area contributed by atoms with Gasteiger partial charge in [-0.1, -0.05) is 0 Å². The van der Waals surface area contributed by atoms with Gasteiger partial charge in [0.15, 0.2) is 0 Å². The van der Waals surface area contributed by atoms with Gasteiger partial charge in [0.1, 0.15) is 24.2 Å². The van der Waals surface area contributed by atoms with Crippen LogP contribution in [0.15, 0.2) is 55.1 Å². The molecule has 4 aromatic rings. The summed E-state index contributed by atoms with van der Waals surface area (Å²) in [5.74, 6) is 1.47. The van der Waals surface area contributed by atoms with E-state index >= 15 is 0 Å². The molecule has 0 aromatic carbocycles. The van der Waals surface area contributed by atoms with Crippen molar-refractivity contribution >= 4 is 22.9 Å². The number of ether oxygens (including phenoxy) is 2. The Bertz CT molecular complexity index is 1580. The molecule has 212 valence electrons. The maximum Gasteiger partial charge on any atom is 0.244 e. The van der Waals surface area contributed by atoms with E-state index in [1.54, 1.807) is 42.9 Å². The van der Waals surface area contributed by atoms with Crippen LogP contribution in [-0.2, 0) is 4.79 Å². The van der Waals surface area contributed by atoms with Gasteiger partial charge >= 0.3 is 0 Å². The van der Waals surface area contributed by atoms with E-state index < -0.39 is 11.1 Å². The van der Waals surface area contributed by atoms with Crippen molar-refractivity contribution in [2.75, 3.05) is 37.0 Å². The number of nitrogens with one attached hydrogen (secondary N) is 1. The zero-order chi connectivity index (χ0) is 29.2. The summed E-state index contributed by atoms with van der Waals surface area (Å²) in [4.78, 5) is 23.9. The maximum atomic E-state index is 13.0. The van der Waals surface area contributed by atoms with Crippen LogP contribution >= 0.6 is 0 Å². The van der Waals surface area contributed by atoms with Gasteiger partial charge in [-0.15, -0.1) is 0 Å². The lowest BCUT2D eigenvalue weighted by atomic mass is 9.87. The molecule has 0 saturated carbocycles. The number of carbonyl (C=O) groups is 1. The van der Waals surface area contributed by atoms with E-state index in [1.807, 2.05) is 18.2 Å². The highest BCUT2D eigenvalue weighted by Gasteiger charge is 2.38. The molecular weight excluding hydrogens is 524 g/mol. The number of aliphatic hydroxyl groups is 1. The summed E-state index contributed by atoms with van der Waals surface area (Å²) in [7, 11) is 1.53. The second-order valence-corrected chi connectivity index (χ2v) is 10.7. The molecule has 0 unspecified atom stereocenters. The van der Waals surface area contributed by atoms with Crippen molar-refractivity contribution in [2.24, 2.45) is 5.73 Å². The highest BCUT2D eigenvalue weighted by molar-refractivity contribution is 5.98. The Morgan fingerprint density at radius 1 is 1.20 bits per heavy atom. The van der Waals surface area contributed by atoms with Crippen molar-refractivity contribution in [1.82, 2.24) is 19.6 Å². The van der Waals surface area contributed by atoms with E-state index in [0.29, 0.717) is 54.3 Å². The van der Waals surface area contributed by atoms with Gasteiger partial charge in [-0.2, -0.15) is 10.4 Å². The van der Waals surface area contributed by atoms with Gasteiger partial charge in [0.25, 0.3) is 0 Å². The molecule has 1 amide bonds. The van der Waals surface area contributed by atoms with Gasteiger partial charge in [-0.3, -0.25) is 4.79 Å². The largest absolute Gasteiger partial charge is 0.489 e. The summed E-state index contributed by atoms with van der Waals surface area (Å²) in [5, 5.41) is 26.9. The molecule has 5 rings (SSSR count). The third-order valence-corrected chi connectivity index (χ3v) is 6.99. The van der Waals surface area contributed by atoms with Crippen LogP contribution in [0, 0.1) is 11.3 Å². The normalized spacial score (nSPS) is 14.9. The minimum Gasteiger partial charge on any atom is -0.489 e. The first-order chi connectivity index (χ1) is 19.6. The average molecular weight is 557 g/mol. The SMILES string of the molecule is COc1ccc(NC(=O)C2(N)CCN(c3ccc(-c4cc(OCC(C)(C)O)cn5ncc(C#N)c45)cn3)CC2)cn1. The third-order valence-electron chi connectivity index (χ3n) is 6.99. The number of hydrogen-bond acceptors (Lipinski definition) is 10. The monoisotopic (exact) mass is 556 g/mol. The molecule has 4 aromatic heterocycles. The number of rotatable bonds is 8. The molecule has 1 fully saturated rings. The van der Waals surface area contributed by atoms with Crippen LogP contribution in [0.2, 0.25) is 0 Å². The third kappa shape index (κ3) is 6.06. The second-order valence-electron chi connectivity index (χ2n) is 10.7. The molecule has 41 heavy (non-hydrogen) atoms. The van der Waals surface area contributed by atoms with Crippen molar-refractivity contribution in [3.05, 3.63) is 60.7 Å². The van der Waals surface area contributed by atoms with Crippen molar-refractivity contribution in [2.45, 2.75) is 37.8 Å². The molecular formula is C29H32N8O4. The number of fused-ring (bicyclic) bond motifs is 1. The number of carbonyl (C=O) groups excluding carboxylic acids is 1. The fraction of sp³-hybridized carbons (Fsp3) is 0.345. The number of pyridine rings is 3. The van der Waals surface area contributed by atoms with E-state index in [-0.39, 0.29) is 12.5 Å². The fourth-order valence-corrected chi connectivity index (χ4v) is 4.66. The van der Waals surface area contributed by atoms with E-state index in [2.05, 4.69) is 31.4 Å². The summed E-state index contributed by atoms with van der Waals surface area (Å²) in [6.07, 6.45) is 7.37. The van der Waals surface area contributed by atoms with Gasteiger partial charge in [-0.05, 0) is 51.0 Å². The van der Waals surface area contributed by atoms with Crippen molar-refractivity contribution in [3.63, 3.8) is 0 Å². The molecule has 12 heteroatoms. The van der Waals surface area contributed by atoms with Gasteiger partial charge in [0.05, 0.1) is 53.6 Å². The molecule has 1 aliphatic heterocycles. The number of hydrogen-bond donors (Lipinski definition) is 3. The Morgan fingerprint density at radius 3 is 2.59 bits per heavy atom. The van der Waals surface area contributed by atoms with Gasteiger partial charge in [0.2, 0.25) is 11.8 Å². The summed E-state index contributed by atoms with van der Waals surface area (Å²) >= 11 is 0. The Kier molecular flexibility index (Phi) is 7.49. The minimum atomic E-state index is -1.01. The molecule has 5 heterocycles. The second kappa shape index (κ2) is 11.0. The maximum absolute atomic E-state index is 13.0. The molecule has 4 N–H and O–H groups in total. The van der Waals surface area contributed by atoms with E-state index in [0.717, 1.165) is 16.9 Å². The van der Waals surface area contributed by atoms with Crippen molar-refractivity contribution < 1.29 is 19.4 Å². The molecule has 0 spiro atoms. The lowest BCUT2D eigenvalue weighted by Crippen LogP contribution is -2.57. The highest BCUT2D eigenvalue weighted by atomic mass is 16.5. The molecule has 0 aliphatic carbocycles. The molecule has 0 atom stereocenters. The summed E-state index contributed by atoms with van der Waals surface area (Å²) in [6, 6.07) is 11.2. The molecule has 1 aliphatic rings. The Balaban J connectivity index is 1.30. The molecule has 12 nitrogen and oxygen atoms in total. The number of aromatic nitrogens is 4. The van der Waals surface area contributed by atoms with Crippen LogP contribution in [0.25, 0.3) is 16.6 Å². The Labute approximate surface area is 237 Å². The number of nitriles is 1. The average Bonchev–Trinajstić information content (AvgIpc) is 3.39. The fourth-order valence-electron chi connectivity index (χ4n) is 4.66. The molecule has 0 bridgehead atoms. The van der Waals surface area contributed by atoms with Crippen molar-refractivity contribution in [3.8, 4) is 28.8 Å². The molecule has 1 saturated heterocycles. The van der Waals surface area contributed by atoms with E-state index in [9.17, 15) is 15.2 Å². The number of nitrogens with two attached hydrogens (primary N) is 1. The smallest absolute Gasteiger partial charge is 0.244 e. The lowest BCUT2D eigenvalue weighted by molar-refractivity contribution is -0.121. The van der Waals surface area contributed by atoms with Gasteiger partial charge < -0.3 is 30.5 Å². The van der Waals surface area contributed by atoms with Crippen LogP contribution in [0.3, 0.4) is 0 Å². The predicted octanol–water partition coefficient (Wildman–Crippen LogP) is 2.76. The van der Waals surface area contributed by atoms with Crippen LogP contribution in [-0.4, -0.2) is 68.5 Å². The van der Waals surface area contributed by atoms with Crippen LogP contribution in [0.4, 0.5) is 11.5 Å². The summed E-state index contributed by atoms with van der Waals surface area (Å²) < 4.78 is 12.5. The highest BCUT2D eigenvalue weighted by Crippen LogP contribution is 2.32. The number of anilines is 2. The number of piperidine rings is 1. The van der Waals surface area contributed by atoms with Crippen LogP contribution < -0.4 is 25.4 Å². The van der Waals surface area contributed by atoms with E-state index in [1.165, 1.54) is 19.5 Å². The predicted molar refractivity (Wildman–Crippen MR) is 153 cm³/mol. The Morgan fingerprint density at radius 2 is 1.98 bits per heavy atom. The first kappa shape index (κ1) is 27.8. The number of amides is 1. The summed E-state index contributed by atoms with van der Waals surface area (Å²) in [6.45, 7) is 4.54. The van der Waals surface area contributed by atoms with Gasteiger partial charge in [-0.25, -0.2) is 14.5 Å². The number of nitrogens with zero attached hydrogens (tertiary/aromatic N) is 6. The zero-order valence-electron chi connectivity index (χ0n) is 23.2. The van der Waals surface area contributed by atoms with E-state index in [4.69, 9.17) is 15.2 Å². The standard InChI is InChI=1S/C29H32N8O4/c1-28(2,39)18-41-22-12-23(26-20(13-30)15-34-37(26)17-22)19-4-6-24(32-14-19)36-10-8-29(31,9-11-36)27(38)35-21-5-7-25(40-3)33-16-21/h4-7,12,14-17,39H,8-11,18,31H2,1-3H3,(H,35,38). The first-order valence-corrected chi connectivity index (χ1v) is 13.2. The Hall–Kier alpha value is -4.73.